The molecule has 33 heavy (non-hydrogen) atoms. The van der Waals surface area contributed by atoms with Crippen LogP contribution in [-0.4, -0.2) is 27.0 Å². The summed E-state index contributed by atoms with van der Waals surface area (Å²) in [5.74, 6) is -0.0239. The van der Waals surface area contributed by atoms with Gasteiger partial charge >= 0.3 is 0 Å². The third kappa shape index (κ3) is 6.81. The second-order valence-corrected chi connectivity index (χ2v) is 9.65. The van der Waals surface area contributed by atoms with E-state index in [2.05, 4.69) is 10.0 Å². The molecule has 0 saturated heterocycles. The van der Waals surface area contributed by atoms with E-state index in [1.54, 1.807) is 0 Å². The van der Waals surface area contributed by atoms with E-state index in [1.807, 2.05) is 74.5 Å². The average molecular weight is 487 g/mol. The van der Waals surface area contributed by atoms with Crippen LogP contribution >= 0.6 is 11.6 Å². The Bertz CT molecular complexity index is 1170. The first-order valence-corrected chi connectivity index (χ1v) is 12.5. The van der Waals surface area contributed by atoms with Gasteiger partial charge < -0.3 is 10.1 Å². The van der Waals surface area contributed by atoms with Crippen LogP contribution in [0.15, 0.2) is 83.8 Å². The molecule has 0 heterocycles. The number of hydrogen-bond acceptors (Lipinski definition) is 4. The standard InChI is InChI=1S/C25H27ClN2O4S/c1-3-32-24-15-14-21(17-22(24)26)33(30,31)28-23(16-19-10-6-4-7-11-19)25(29)27-18(2)20-12-8-5-9-13-20/h4-15,17-18,23,28H,3,16H2,1-2H3,(H,27,29). The largest absolute Gasteiger partial charge is 0.492 e. The molecule has 3 aromatic carbocycles. The second kappa shape index (κ2) is 11.3. The second-order valence-electron chi connectivity index (χ2n) is 7.53. The molecule has 0 fully saturated rings. The van der Waals surface area contributed by atoms with E-state index in [1.165, 1.54) is 18.2 Å². The fraction of sp³-hybridized carbons (Fsp3) is 0.240. The zero-order chi connectivity index (χ0) is 23.8. The number of sulfonamides is 1. The number of ether oxygens (including phenoxy) is 1. The number of carbonyl (C=O) groups excluding carboxylic acids is 1. The summed E-state index contributed by atoms with van der Waals surface area (Å²) in [5.41, 5.74) is 1.75. The van der Waals surface area contributed by atoms with Gasteiger partial charge in [0.25, 0.3) is 0 Å². The van der Waals surface area contributed by atoms with E-state index >= 15 is 0 Å². The van der Waals surface area contributed by atoms with Gasteiger partial charge in [-0.1, -0.05) is 72.3 Å². The lowest BCUT2D eigenvalue weighted by atomic mass is 10.0. The van der Waals surface area contributed by atoms with Crippen LogP contribution < -0.4 is 14.8 Å². The van der Waals surface area contributed by atoms with Gasteiger partial charge in [-0.15, -0.1) is 0 Å². The van der Waals surface area contributed by atoms with Gasteiger partial charge in [0.05, 0.1) is 22.6 Å². The number of benzene rings is 3. The molecule has 2 N–H and O–H groups in total. The lowest BCUT2D eigenvalue weighted by molar-refractivity contribution is -0.123. The highest BCUT2D eigenvalue weighted by Crippen LogP contribution is 2.27. The molecule has 0 aliphatic rings. The normalized spacial score (nSPS) is 13.2. The van der Waals surface area contributed by atoms with E-state index in [9.17, 15) is 13.2 Å². The van der Waals surface area contributed by atoms with Crippen molar-refractivity contribution in [1.82, 2.24) is 10.0 Å². The van der Waals surface area contributed by atoms with Crippen molar-refractivity contribution < 1.29 is 17.9 Å². The van der Waals surface area contributed by atoms with Crippen molar-refractivity contribution in [2.24, 2.45) is 0 Å². The van der Waals surface area contributed by atoms with Crippen molar-refractivity contribution >= 4 is 27.5 Å². The first kappa shape index (κ1) is 24.8. The van der Waals surface area contributed by atoms with Crippen LogP contribution in [0.2, 0.25) is 5.02 Å². The van der Waals surface area contributed by atoms with E-state index in [4.69, 9.17) is 16.3 Å². The third-order valence-electron chi connectivity index (χ3n) is 5.07. The summed E-state index contributed by atoms with van der Waals surface area (Å²) < 4.78 is 34.2. The predicted molar refractivity (Wildman–Crippen MR) is 130 cm³/mol. The molecule has 0 saturated carbocycles. The summed E-state index contributed by atoms with van der Waals surface area (Å²) >= 11 is 6.18. The van der Waals surface area contributed by atoms with Crippen LogP contribution in [0.5, 0.6) is 5.75 Å². The van der Waals surface area contributed by atoms with E-state index in [-0.39, 0.29) is 22.4 Å². The maximum atomic E-state index is 13.2. The monoisotopic (exact) mass is 486 g/mol. The average Bonchev–Trinajstić information content (AvgIpc) is 2.81. The van der Waals surface area contributed by atoms with Crippen molar-refractivity contribution in [3.05, 3.63) is 95.0 Å². The van der Waals surface area contributed by atoms with Gasteiger partial charge in [0.2, 0.25) is 15.9 Å². The molecule has 0 spiro atoms. The first-order chi connectivity index (χ1) is 15.8. The number of carbonyl (C=O) groups is 1. The lowest BCUT2D eigenvalue weighted by Crippen LogP contribution is -2.48. The summed E-state index contributed by atoms with van der Waals surface area (Å²) in [4.78, 5) is 13.1. The summed E-state index contributed by atoms with van der Waals surface area (Å²) in [5, 5.41) is 3.10. The molecule has 0 bridgehead atoms. The number of amides is 1. The minimum absolute atomic E-state index is 0.0436. The minimum atomic E-state index is -4.03. The van der Waals surface area contributed by atoms with E-state index in [0.717, 1.165) is 11.1 Å². The van der Waals surface area contributed by atoms with Gasteiger partial charge in [-0.25, -0.2) is 8.42 Å². The molecule has 0 aliphatic carbocycles. The van der Waals surface area contributed by atoms with Crippen LogP contribution in [0.25, 0.3) is 0 Å². The fourth-order valence-corrected chi connectivity index (χ4v) is 4.87. The van der Waals surface area contributed by atoms with Gasteiger partial charge in [-0.05, 0) is 49.6 Å². The summed E-state index contributed by atoms with van der Waals surface area (Å²) in [6, 6.07) is 21.7. The highest BCUT2D eigenvalue weighted by atomic mass is 35.5. The summed E-state index contributed by atoms with van der Waals surface area (Å²) in [7, 11) is -4.03. The quantitative estimate of drug-likeness (QED) is 0.441. The van der Waals surface area contributed by atoms with E-state index in [0.29, 0.717) is 12.4 Å². The molecule has 0 aliphatic heterocycles. The smallest absolute Gasteiger partial charge is 0.241 e. The fourth-order valence-electron chi connectivity index (χ4n) is 3.35. The highest BCUT2D eigenvalue weighted by Gasteiger charge is 2.27. The van der Waals surface area contributed by atoms with Crippen molar-refractivity contribution in [3.8, 4) is 5.75 Å². The molecule has 8 heteroatoms. The molecule has 2 unspecified atom stereocenters. The Morgan fingerprint density at radius 2 is 1.64 bits per heavy atom. The van der Waals surface area contributed by atoms with Gasteiger partial charge in [0, 0.05) is 0 Å². The summed E-state index contributed by atoms with van der Waals surface area (Å²) in [6.45, 7) is 4.07. The van der Waals surface area contributed by atoms with Crippen LogP contribution in [0.3, 0.4) is 0 Å². The van der Waals surface area contributed by atoms with Crippen molar-refractivity contribution in [1.29, 1.82) is 0 Å². The van der Waals surface area contributed by atoms with Crippen LogP contribution in [0.1, 0.15) is 31.0 Å². The Morgan fingerprint density at radius 1 is 1.00 bits per heavy atom. The number of hydrogen-bond donors (Lipinski definition) is 2. The number of nitrogens with one attached hydrogen (secondary N) is 2. The van der Waals surface area contributed by atoms with Crippen molar-refractivity contribution in [3.63, 3.8) is 0 Å². The van der Waals surface area contributed by atoms with Gasteiger partial charge in [0.1, 0.15) is 11.8 Å². The molecular weight excluding hydrogens is 460 g/mol. The molecule has 3 rings (SSSR count). The Labute approximate surface area is 200 Å². The van der Waals surface area contributed by atoms with Gasteiger partial charge in [0.15, 0.2) is 0 Å². The van der Waals surface area contributed by atoms with E-state index < -0.39 is 22.0 Å². The van der Waals surface area contributed by atoms with Crippen LogP contribution in [-0.2, 0) is 21.2 Å². The first-order valence-electron chi connectivity index (χ1n) is 10.6. The van der Waals surface area contributed by atoms with Crippen LogP contribution in [0.4, 0.5) is 0 Å². The van der Waals surface area contributed by atoms with Crippen molar-refractivity contribution in [2.75, 3.05) is 6.61 Å². The third-order valence-corrected chi connectivity index (χ3v) is 6.83. The maximum absolute atomic E-state index is 13.2. The maximum Gasteiger partial charge on any atom is 0.241 e. The molecule has 1 amide bonds. The SMILES string of the molecule is CCOc1ccc(S(=O)(=O)NC(Cc2ccccc2)C(=O)NC(C)c2ccccc2)cc1Cl. The molecule has 0 radical (unpaired) electrons. The molecule has 3 aromatic rings. The lowest BCUT2D eigenvalue weighted by Gasteiger charge is -2.22. The van der Waals surface area contributed by atoms with Gasteiger partial charge in [-0.2, -0.15) is 4.72 Å². The number of rotatable bonds is 10. The van der Waals surface area contributed by atoms with Crippen LogP contribution in [0, 0.1) is 0 Å². The zero-order valence-electron chi connectivity index (χ0n) is 18.5. The minimum Gasteiger partial charge on any atom is -0.492 e. The molecule has 174 valence electrons. The molecule has 6 nitrogen and oxygen atoms in total. The number of halogens is 1. The predicted octanol–water partition coefficient (Wildman–Crippen LogP) is 4.51. The molecule has 2 atom stereocenters. The highest BCUT2D eigenvalue weighted by molar-refractivity contribution is 7.89. The zero-order valence-corrected chi connectivity index (χ0v) is 20.1. The Balaban J connectivity index is 1.84. The summed E-state index contributed by atoms with van der Waals surface area (Å²) in [6.07, 6.45) is 0.193. The molecular formula is C25H27ClN2O4S. The topological polar surface area (TPSA) is 84.5 Å². The molecule has 0 aromatic heterocycles. The van der Waals surface area contributed by atoms with Gasteiger partial charge in [-0.3, -0.25) is 4.79 Å². The Kier molecular flexibility index (Phi) is 8.49. The van der Waals surface area contributed by atoms with Crippen molar-refractivity contribution in [2.45, 2.75) is 37.2 Å². The Morgan fingerprint density at radius 3 is 2.24 bits per heavy atom. The Hall–Kier alpha value is -2.87.